The fourth-order valence-electron chi connectivity index (χ4n) is 2.28. The summed E-state index contributed by atoms with van der Waals surface area (Å²) in [6.07, 6.45) is 4.07. The van der Waals surface area contributed by atoms with Crippen LogP contribution in [0.4, 0.5) is 0 Å². The Hall–Kier alpha value is -3.02. The van der Waals surface area contributed by atoms with Crippen LogP contribution in [-0.4, -0.2) is 21.0 Å². The predicted octanol–water partition coefficient (Wildman–Crippen LogP) is 2.69. The van der Waals surface area contributed by atoms with Gasteiger partial charge in [-0.1, -0.05) is 29.4 Å². The average molecular weight is 322 g/mol. The van der Waals surface area contributed by atoms with Gasteiger partial charge in [-0.15, -0.1) is 0 Å². The number of benzene rings is 1. The number of nitrogens with one attached hydrogen (secondary N) is 1. The Morgan fingerprint density at radius 2 is 2.08 bits per heavy atom. The van der Waals surface area contributed by atoms with E-state index in [4.69, 9.17) is 4.52 Å². The van der Waals surface area contributed by atoms with Gasteiger partial charge in [-0.05, 0) is 30.2 Å². The van der Waals surface area contributed by atoms with Crippen molar-refractivity contribution in [2.24, 2.45) is 0 Å². The number of pyridine rings is 1. The molecule has 0 atom stereocenters. The van der Waals surface area contributed by atoms with Gasteiger partial charge >= 0.3 is 0 Å². The Kier molecular flexibility index (Phi) is 4.96. The van der Waals surface area contributed by atoms with Crippen LogP contribution in [0, 0.1) is 6.92 Å². The molecule has 0 aliphatic rings. The fourth-order valence-corrected chi connectivity index (χ4v) is 2.28. The monoisotopic (exact) mass is 322 g/mol. The molecular weight excluding hydrogens is 304 g/mol. The summed E-state index contributed by atoms with van der Waals surface area (Å²) in [5, 5.41) is 6.82. The molecule has 0 aliphatic carbocycles. The Morgan fingerprint density at radius 1 is 1.21 bits per heavy atom. The van der Waals surface area contributed by atoms with Crippen molar-refractivity contribution in [1.82, 2.24) is 20.4 Å². The van der Waals surface area contributed by atoms with E-state index in [0.29, 0.717) is 31.1 Å². The third-order valence-electron chi connectivity index (χ3n) is 3.69. The Morgan fingerprint density at radius 3 is 2.88 bits per heavy atom. The SMILES string of the molecule is Cc1ccccc1CNC(=O)CCc1nc(-c2cccnc2)no1. The first-order valence-electron chi connectivity index (χ1n) is 7.76. The Bertz CT molecular complexity index is 815. The van der Waals surface area contributed by atoms with Gasteiger partial charge < -0.3 is 9.84 Å². The minimum Gasteiger partial charge on any atom is -0.352 e. The second-order valence-corrected chi connectivity index (χ2v) is 5.46. The topological polar surface area (TPSA) is 80.9 Å². The highest BCUT2D eigenvalue weighted by Crippen LogP contribution is 2.14. The van der Waals surface area contributed by atoms with E-state index in [2.05, 4.69) is 20.4 Å². The van der Waals surface area contributed by atoms with Gasteiger partial charge in [0.1, 0.15) is 0 Å². The Balaban J connectivity index is 1.50. The number of carbonyl (C=O) groups excluding carboxylic acids is 1. The molecule has 122 valence electrons. The molecule has 0 fully saturated rings. The lowest BCUT2D eigenvalue weighted by molar-refractivity contribution is -0.121. The van der Waals surface area contributed by atoms with Crippen LogP contribution < -0.4 is 5.32 Å². The summed E-state index contributed by atoms with van der Waals surface area (Å²) < 4.78 is 5.18. The van der Waals surface area contributed by atoms with Crippen molar-refractivity contribution in [3.8, 4) is 11.4 Å². The first kappa shape index (κ1) is 15.9. The number of aryl methyl sites for hydroxylation is 2. The molecule has 1 N–H and O–H groups in total. The summed E-state index contributed by atoms with van der Waals surface area (Å²) in [4.78, 5) is 20.3. The average Bonchev–Trinajstić information content (AvgIpc) is 3.09. The van der Waals surface area contributed by atoms with E-state index in [1.807, 2.05) is 43.3 Å². The van der Waals surface area contributed by atoms with Crippen LogP contribution in [0.2, 0.25) is 0 Å². The molecule has 0 bridgehead atoms. The van der Waals surface area contributed by atoms with Crippen molar-refractivity contribution in [3.63, 3.8) is 0 Å². The highest BCUT2D eigenvalue weighted by Gasteiger charge is 2.10. The van der Waals surface area contributed by atoms with Gasteiger partial charge in [0, 0.05) is 37.3 Å². The first-order valence-corrected chi connectivity index (χ1v) is 7.76. The third kappa shape index (κ3) is 4.04. The lowest BCUT2D eigenvalue weighted by atomic mass is 10.1. The summed E-state index contributed by atoms with van der Waals surface area (Å²) in [7, 11) is 0. The van der Waals surface area contributed by atoms with Crippen molar-refractivity contribution in [3.05, 3.63) is 65.8 Å². The molecular formula is C18H18N4O2. The number of amides is 1. The van der Waals surface area contributed by atoms with Crippen molar-refractivity contribution >= 4 is 5.91 Å². The predicted molar refractivity (Wildman–Crippen MR) is 88.9 cm³/mol. The van der Waals surface area contributed by atoms with E-state index in [9.17, 15) is 4.79 Å². The molecule has 1 amide bonds. The quantitative estimate of drug-likeness (QED) is 0.754. The number of hydrogen-bond acceptors (Lipinski definition) is 5. The van der Waals surface area contributed by atoms with Crippen molar-refractivity contribution in [2.45, 2.75) is 26.3 Å². The lowest BCUT2D eigenvalue weighted by Gasteiger charge is -2.07. The zero-order valence-corrected chi connectivity index (χ0v) is 13.4. The van der Waals surface area contributed by atoms with Crippen LogP contribution in [0.5, 0.6) is 0 Å². The number of rotatable bonds is 6. The van der Waals surface area contributed by atoms with E-state index in [1.54, 1.807) is 12.4 Å². The minimum absolute atomic E-state index is 0.0422. The number of nitrogens with zero attached hydrogens (tertiary/aromatic N) is 3. The van der Waals surface area contributed by atoms with Gasteiger partial charge in [0.25, 0.3) is 0 Å². The number of hydrogen-bond donors (Lipinski definition) is 1. The fraction of sp³-hybridized carbons (Fsp3) is 0.222. The molecule has 0 saturated carbocycles. The smallest absolute Gasteiger partial charge is 0.227 e. The molecule has 0 radical (unpaired) electrons. The summed E-state index contributed by atoms with van der Waals surface area (Å²) in [5.74, 6) is 0.887. The van der Waals surface area contributed by atoms with Crippen LogP contribution in [0.1, 0.15) is 23.4 Å². The molecule has 2 aromatic heterocycles. The standard InChI is InChI=1S/C18H18N4O2/c1-13-5-2-3-6-14(13)12-20-16(23)8-9-17-21-18(22-24-17)15-7-4-10-19-11-15/h2-7,10-11H,8-9,12H2,1H3,(H,20,23). The third-order valence-corrected chi connectivity index (χ3v) is 3.69. The van der Waals surface area contributed by atoms with E-state index in [0.717, 1.165) is 16.7 Å². The van der Waals surface area contributed by atoms with Crippen LogP contribution in [0.3, 0.4) is 0 Å². The molecule has 24 heavy (non-hydrogen) atoms. The zero-order chi connectivity index (χ0) is 16.8. The highest BCUT2D eigenvalue weighted by molar-refractivity contribution is 5.76. The van der Waals surface area contributed by atoms with E-state index >= 15 is 0 Å². The van der Waals surface area contributed by atoms with Gasteiger partial charge in [-0.3, -0.25) is 9.78 Å². The summed E-state index contributed by atoms with van der Waals surface area (Å²) in [5.41, 5.74) is 3.06. The van der Waals surface area contributed by atoms with Crippen molar-refractivity contribution < 1.29 is 9.32 Å². The Labute approximate surface area is 139 Å². The number of carbonyl (C=O) groups is 1. The van der Waals surface area contributed by atoms with Crippen LogP contribution in [0.25, 0.3) is 11.4 Å². The molecule has 3 aromatic rings. The van der Waals surface area contributed by atoms with Crippen LogP contribution in [0.15, 0.2) is 53.3 Å². The van der Waals surface area contributed by atoms with Gasteiger partial charge in [0.15, 0.2) is 0 Å². The van der Waals surface area contributed by atoms with E-state index < -0.39 is 0 Å². The van der Waals surface area contributed by atoms with Gasteiger partial charge in [0.05, 0.1) is 0 Å². The van der Waals surface area contributed by atoms with Crippen molar-refractivity contribution in [1.29, 1.82) is 0 Å². The summed E-state index contributed by atoms with van der Waals surface area (Å²) >= 11 is 0. The minimum atomic E-state index is -0.0422. The van der Waals surface area contributed by atoms with Gasteiger partial charge in [-0.25, -0.2) is 0 Å². The maximum absolute atomic E-state index is 12.0. The number of aromatic nitrogens is 3. The first-order chi connectivity index (χ1) is 11.7. The highest BCUT2D eigenvalue weighted by atomic mass is 16.5. The maximum Gasteiger partial charge on any atom is 0.227 e. The van der Waals surface area contributed by atoms with Gasteiger partial charge in [-0.2, -0.15) is 4.98 Å². The van der Waals surface area contributed by atoms with Crippen molar-refractivity contribution in [2.75, 3.05) is 0 Å². The van der Waals surface area contributed by atoms with Gasteiger partial charge in [0.2, 0.25) is 17.6 Å². The molecule has 6 heteroatoms. The molecule has 6 nitrogen and oxygen atoms in total. The molecule has 2 heterocycles. The molecule has 0 aliphatic heterocycles. The zero-order valence-electron chi connectivity index (χ0n) is 13.4. The van der Waals surface area contributed by atoms with Crippen LogP contribution >= 0.6 is 0 Å². The molecule has 0 saturated heterocycles. The molecule has 0 spiro atoms. The maximum atomic E-state index is 12.0. The van der Waals surface area contributed by atoms with E-state index in [1.165, 1.54) is 0 Å². The normalized spacial score (nSPS) is 10.5. The largest absolute Gasteiger partial charge is 0.352 e. The van der Waals surface area contributed by atoms with E-state index in [-0.39, 0.29) is 5.91 Å². The molecule has 1 aromatic carbocycles. The summed E-state index contributed by atoms with van der Waals surface area (Å²) in [6, 6.07) is 11.7. The molecule has 0 unspecified atom stereocenters. The second kappa shape index (κ2) is 7.50. The summed E-state index contributed by atoms with van der Waals surface area (Å²) in [6.45, 7) is 2.55. The molecule has 3 rings (SSSR count). The second-order valence-electron chi connectivity index (χ2n) is 5.46. The van der Waals surface area contributed by atoms with Crippen LogP contribution in [-0.2, 0) is 17.8 Å². The lowest BCUT2D eigenvalue weighted by Crippen LogP contribution is -2.23.